The second-order valence-corrected chi connectivity index (χ2v) is 18.0. The molecule has 0 saturated carbocycles. The monoisotopic (exact) mass is 678 g/mol. The maximum absolute atomic E-state index is 13.7. The molecule has 6 nitrogen and oxygen atoms in total. The van der Waals surface area contributed by atoms with E-state index in [9.17, 15) is 13.6 Å². The first-order valence-electron chi connectivity index (χ1n) is 17.9. The van der Waals surface area contributed by atoms with Crippen molar-refractivity contribution in [2.75, 3.05) is 13.6 Å². The lowest BCUT2D eigenvalue weighted by atomic mass is 9.97. The molecule has 0 unspecified atom stereocenters. The zero-order valence-electron chi connectivity index (χ0n) is 30.8. The molecule has 1 aromatic heterocycles. The van der Waals surface area contributed by atoms with E-state index in [-0.39, 0.29) is 34.3 Å². The van der Waals surface area contributed by atoms with E-state index < -0.39 is 39.9 Å². The molecule has 49 heavy (non-hydrogen) atoms. The van der Waals surface area contributed by atoms with Crippen LogP contribution in [0.5, 0.6) is 5.75 Å². The zero-order valence-corrected chi connectivity index (χ0v) is 28.8. The molecule has 2 aliphatic rings. The maximum atomic E-state index is 13.7. The molecule has 0 fully saturated rings. The van der Waals surface area contributed by atoms with Gasteiger partial charge in [-0.3, -0.25) is 4.79 Å². The van der Waals surface area contributed by atoms with Crippen LogP contribution < -0.4 is 15.1 Å². The van der Waals surface area contributed by atoms with Gasteiger partial charge in [-0.1, -0.05) is 99.3 Å². The standard InChI is InChI=1S/C40H39F2N3O3Si/c1-26(25-47-49(40(2,3)4,28-13-8-6-9-14-28)29-15-10-7-11-16-29)19-20-27-21-22-31-32(23-27)45-33-24-34(37(45)43-31)44(5)38(46)30-17-12-18-35(36(30)33)48-39(41)42/h6-18,21-23,26,33-34,39H,24-25H2,1-5H3/t26-,33-,34-/m1/s1/i5D3. The average molecular weight is 679 g/mol. The highest BCUT2D eigenvalue weighted by Gasteiger charge is 2.50. The topological polar surface area (TPSA) is 56.6 Å². The van der Waals surface area contributed by atoms with Crippen LogP contribution >= 0.6 is 0 Å². The van der Waals surface area contributed by atoms with Gasteiger partial charge in [0.1, 0.15) is 11.6 Å². The van der Waals surface area contributed by atoms with E-state index in [1.165, 1.54) is 28.6 Å². The highest BCUT2D eigenvalue weighted by Crippen LogP contribution is 2.50. The molecule has 3 atom stereocenters. The van der Waals surface area contributed by atoms with Gasteiger partial charge in [0.05, 0.1) is 23.1 Å². The molecular weight excluding hydrogens is 637 g/mol. The van der Waals surface area contributed by atoms with E-state index in [2.05, 4.69) is 81.1 Å². The zero-order chi connectivity index (χ0) is 37.0. The van der Waals surface area contributed by atoms with Crippen molar-refractivity contribution in [3.63, 3.8) is 0 Å². The number of nitrogens with zero attached hydrogens (tertiary/aromatic N) is 3. The number of rotatable bonds is 7. The quantitative estimate of drug-likeness (QED) is 0.134. The normalized spacial score (nSPS) is 18.9. The molecule has 0 radical (unpaired) electrons. The molecule has 3 heterocycles. The lowest BCUT2D eigenvalue weighted by Gasteiger charge is -2.43. The lowest BCUT2D eigenvalue weighted by Crippen LogP contribution is -2.66. The number of ether oxygens (including phenoxy) is 1. The molecule has 2 bridgehead atoms. The first kappa shape index (κ1) is 29.2. The Hall–Kier alpha value is -4.78. The summed E-state index contributed by atoms with van der Waals surface area (Å²) in [4.78, 5) is 19.4. The van der Waals surface area contributed by atoms with E-state index in [1.807, 2.05) is 41.8 Å². The van der Waals surface area contributed by atoms with E-state index >= 15 is 0 Å². The first-order valence-corrected chi connectivity index (χ1v) is 18.3. The number of carbonyl (C=O) groups is 1. The van der Waals surface area contributed by atoms with Gasteiger partial charge in [0.2, 0.25) is 0 Å². The van der Waals surface area contributed by atoms with E-state index in [0.717, 1.165) is 4.90 Å². The summed E-state index contributed by atoms with van der Waals surface area (Å²) < 4.78 is 65.8. The predicted octanol–water partition coefficient (Wildman–Crippen LogP) is 7.32. The van der Waals surface area contributed by atoms with E-state index in [0.29, 0.717) is 29.0 Å². The van der Waals surface area contributed by atoms with Crippen LogP contribution in [0.3, 0.4) is 0 Å². The third-order valence-corrected chi connectivity index (χ3v) is 14.6. The Kier molecular flexibility index (Phi) is 7.49. The molecule has 0 aliphatic carbocycles. The Bertz CT molecular complexity index is 2150. The van der Waals surface area contributed by atoms with Crippen molar-refractivity contribution >= 4 is 35.6 Å². The number of fused-ring (bicyclic) bond motifs is 9. The van der Waals surface area contributed by atoms with E-state index in [1.54, 1.807) is 0 Å². The van der Waals surface area contributed by atoms with Crippen LogP contribution in [0, 0.1) is 17.8 Å². The van der Waals surface area contributed by atoms with Crippen molar-refractivity contribution in [2.24, 2.45) is 5.92 Å². The fraction of sp³-hybridized carbons (Fsp3) is 0.300. The largest absolute Gasteiger partial charge is 0.434 e. The van der Waals surface area contributed by atoms with Gasteiger partial charge >= 0.3 is 6.61 Å². The number of imidazole rings is 1. The number of hydrogen-bond acceptors (Lipinski definition) is 4. The molecule has 0 saturated heterocycles. The second kappa shape index (κ2) is 12.6. The number of carbonyl (C=O) groups excluding carboxylic acids is 1. The summed E-state index contributed by atoms with van der Waals surface area (Å²) in [6.07, 6.45) is 0.144. The van der Waals surface area contributed by atoms with Crippen LogP contribution in [-0.2, 0) is 4.43 Å². The van der Waals surface area contributed by atoms with Crippen LogP contribution in [0.1, 0.15) is 77.6 Å². The minimum atomic E-state index is -3.13. The number of amides is 1. The molecule has 0 N–H and O–H groups in total. The molecule has 1 amide bonds. The number of hydrogen-bond donors (Lipinski definition) is 0. The summed E-state index contributed by atoms with van der Waals surface area (Å²) in [6.45, 7) is 3.22. The van der Waals surface area contributed by atoms with Crippen LogP contribution in [0.2, 0.25) is 5.04 Å². The highest BCUT2D eigenvalue weighted by atomic mass is 28.4. The van der Waals surface area contributed by atoms with Crippen molar-refractivity contribution < 1.29 is 26.9 Å². The Balaban J connectivity index is 1.25. The Labute approximate surface area is 291 Å². The lowest BCUT2D eigenvalue weighted by molar-refractivity contribution is -0.0507. The minimum absolute atomic E-state index is 0.0138. The van der Waals surface area contributed by atoms with Gasteiger partial charge < -0.3 is 18.6 Å². The molecule has 2 aliphatic heterocycles. The Morgan fingerprint density at radius 1 is 0.980 bits per heavy atom. The molecule has 4 aromatic carbocycles. The summed E-state index contributed by atoms with van der Waals surface area (Å²) in [5, 5.41) is 2.21. The fourth-order valence-corrected chi connectivity index (χ4v) is 12.1. The number of halogens is 2. The minimum Gasteiger partial charge on any atom is -0.434 e. The molecule has 5 aromatic rings. The number of alkyl halides is 2. The highest BCUT2D eigenvalue weighted by molar-refractivity contribution is 6.99. The summed E-state index contributed by atoms with van der Waals surface area (Å²) in [5.74, 6) is 5.98. The number of aromatic nitrogens is 2. The van der Waals surface area contributed by atoms with Gasteiger partial charge in [-0.25, -0.2) is 4.98 Å². The van der Waals surface area contributed by atoms with Gasteiger partial charge in [0, 0.05) is 46.7 Å². The Morgan fingerprint density at radius 2 is 1.67 bits per heavy atom. The van der Waals surface area contributed by atoms with Crippen LogP contribution in [0.15, 0.2) is 97.1 Å². The number of benzene rings is 4. The fourth-order valence-electron chi connectivity index (χ4n) is 7.45. The summed E-state index contributed by atoms with van der Waals surface area (Å²) in [6, 6.07) is 29.1. The molecule has 250 valence electrons. The smallest absolute Gasteiger partial charge is 0.387 e. The average Bonchev–Trinajstić information content (AvgIpc) is 3.60. The van der Waals surface area contributed by atoms with Gasteiger partial charge in [-0.05, 0) is 52.7 Å². The summed E-state index contributed by atoms with van der Waals surface area (Å²) >= 11 is 0. The Morgan fingerprint density at radius 3 is 2.31 bits per heavy atom. The van der Waals surface area contributed by atoms with Crippen molar-refractivity contribution in [2.45, 2.75) is 57.8 Å². The third-order valence-electron chi connectivity index (χ3n) is 9.58. The van der Waals surface area contributed by atoms with E-state index in [4.69, 9.17) is 18.3 Å². The molecule has 9 heteroatoms. The summed E-state index contributed by atoms with van der Waals surface area (Å²) in [7, 11) is -2.75. The maximum Gasteiger partial charge on any atom is 0.387 e. The van der Waals surface area contributed by atoms with Gasteiger partial charge in [-0.2, -0.15) is 8.78 Å². The van der Waals surface area contributed by atoms with Crippen LogP contribution in [-0.4, -0.2) is 48.9 Å². The van der Waals surface area contributed by atoms with Crippen molar-refractivity contribution in [3.8, 4) is 17.6 Å². The summed E-state index contributed by atoms with van der Waals surface area (Å²) in [5.41, 5.74) is 2.16. The SMILES string of the molecule is [2H]C([2H])([2H])N1C(=O)c2cccc(OC(F)F)c2[C@H]2C[C@@H]1c1nc3ccc(C#C[C@@H](C)CO[Si](c4ccccc4)(c4ccccc4)C(C)(C)C)cc3n12. The molecule has 0 spiro atoms. The van der Waals surface area contributed by atoms with Crippen molar-refractivity contribution in [1.29, 1.82) is 0 Å². The first-order chi connectivity index (χ1) is 24.7. The van der Waals surface area contributed by atoms with Crippen molar-refractivity contribution in [3.05, 3.63) is 120 Å². The molecular formula is C40H39F2N3O3Si. The molecule has 7 rings (SSSR count). The predicted molar refractivity (Wildman–Crippen MR) is 190 cm³/mol. The van der Waals surface area contributed by atoms with Crippen LogP contribution in [0.4, 0.5) is 8.78 Å². The van der Waals surface area contributed by atoms with Gasteiger partial charge in [0.25, 0.3) is 14.2 Å². The second-order valence-electron chi connectivity index (χ2n) is 13.7. The van der Waals surface area contributed by atoms with Gasteiger partial charge in [0.15, 0.2) is 0 Å². The van der Waals surface area contributed by atoms with Crippen molar-refractivity contribution in [1.82, 2.24) is 14.5 Å². The third kappa shape index (κ3) is 5.63. The van der Waals surface area contributed by atoms with Gasteiger partial charge in [-0.15, -0.1) is 0 Å². The van der Waals surface area contributed by atoms with Crippen LogP contribution in [0.25, 0.3) is 11.0 Å².